The van der Waals surface area contributed by atoms with E-state index >= 15 is 0 Å². The fourth-order valence-corrected chi connectivity index (χ4v) is 3.57. The molecule has 5 nitrogen and oxygen atoms in total. The number of benzene rings is 1. The van der Waals surface area contributed by atoms with Crippen LogP contribution in [0.5, 0.6) is 5.75 Å². The Hall–Kier alpha value is -2.61. The van der Waals surface area contributed by atoms with Crippen molar-refractivity contribution in [1.29, 1.82) is 0 Å². The van der Waals surface area contributed by atoms with Crippen LogP contribution in [0.15, 0.2) is 30.5 Å². The molecule has 1 aliphatic rings. The van der Waals surface area contributed by atoms with Gasteiger partial charge in [0.2, 0.25) is 5.91 Å². The number of halogens is 3. The number of nitrogens with one attached hydrogen (secondary N) is 1. The Bertz CT molecular complexity index is 870. The second-order valence-electron chi connectivity index (χ2n) is 7.39. The van der Waals surface area contributed by atoms with E-state index < -0.39 is 11.7 Å². The molecule has 0 atom stereocenters. The SMILES string of the molecule is CNC(=O)C1CN(Cc2cc(C)c(OCc3cc(C(F)(F)F)ccn3)c(C)c2)C1. The van der Waals surface area contributed by atoms with Crippen LogP contribution < -0.4 is 10.1 Å². The molecular weight excluding hydrogens is 383 g/mol. The maximum Gasteiger partial charge on any atom is 0.416 e. The molecule has 1 saturated heterocycles. The summed E-state index contributed by atoms with van der Waals surface area (Å²) < 4.78 is 44.3. The van der Waals surface area contributed by atoms with Gasteiger partial charge in [-0.05, 0) is 42.7 Å². The summed E-state index contributed by atoms with van der Waals surface area (Å²) in [7, 11) is 1.64. The van der Waals surface area contributed by atoms with Gasteiger partial charge < -0.3 is 10.1 Å². The molecule has 0 aliphatic carbocycles. The number of alkyl halides is 3. The molecule has 2 aromatic rings. The van der Waals surface area contributed by atoms with Gasteiger partial charge in [0.1, 0.15) is 12.4 Å². The van der Waals surface area contributed by atoms with Gasteiger partial charge in [-0.3, -0.25) is 14.7 Å². The maximum absolute atomic E-state index is 12.8. The summed E-state index contributed by atoms with van der Waals surface area (Å²) in [5.41, 5.74) is 2.42. The highest BCUT2D eigenvalue weighted by atomic mass is 19.4. The van der Waals surface area contributed by atoms with E-state index in [9.17, 15) is 18.0 Å². The van der Waals surface area contributed by atoms with E-state index in [1.165, 1.54) is 0 Å². The van der Waals surface area contributed by atoms with Gasteiger partial charge in [0.15, 0.2) is 0 Å². The van der Waals surface area contributed by atoms with Gasteiger partial charge in [-0.15, -0.1) is 0 Å². The minimum atomic E-state index is -4.40. The van der Waals surface area contributed by atoms with Gasteiger partial charge in [-0.1, -0.05) is 12.1 Å². The Labute approximate surface area is 167 Å². The molecule has 3 rings (SSSR count). The van der Waals surface area contributed by atoms with E-state index in [1.54, 1.807) is 7.05 Å². The van der Waals surface area contributed by atoms with Crippen molar-refractivity contribution in [1.82, 2.24) is 15.2 Å². The molecule has 1 amide bonds. The third-order valence-corrected chi connectivity index (χ3v) is 5.01. The van der Waals surface area contributed by atoms with Crippen molar-refractivity contribution in [2.24, 2.45) is 5.92 Å². The Morgan fingerprint density at radius 1 is 1.24 bits per heavy atom. The summed E-state index contributed by atoms with van der Waals surface area (Å²) >= 11 is 0. The van der Waals surface area contributed by atoms with Gasteiger partial charge in [0.25, 0.3) is 0 Å². The Balaban J connectivity index is 1.62. The monoisotopic (exact) mass is 407 g/mol. The van der Waals surface area contributed by atoms with Gasteiger partial charge in [-0.2, -0.15) is 13.2 Å². The fraction of sp³-hybridized carbons (Fsp3) is 0.429. The first kappa shape index (κ1) is 21.1. The number of nitrogens with zero attached hydrogens (tertiary/aromatic N) is 2. The molecule has 0 spiro atoms. The molecule has 1 aromatic carbocycles. The van der Waals surface area contributed by atoms with Crippen LogP contribution in [0.1, 0.15) is 27.9 Å². The van der Waals surface area contributed by atoms with E-state index in [4.69, 9.17) is 4.74 Å². The largest absolute Gasteiger partial charge is 0.487 e. The average molecular weight is 407 g/mol. The number of amides is 1. The van der Waals surface area contributed by atoms with E-state index in [0.717, 1.165) is 54.7 Å². The zero-order valence-corrected chi connectivity index (χ0v) is 16.6. The average Bonchev–Trinajstić information content (AvgIpc) is 2.62. The number of carbonyl (C=O) groups is 1. The highest BCUT2D eigenvalue weighted by Gasteiger charge is 2.32. The molecular formula is C21H24F3N3O2. The summed E-state index contributed by atoms with van der Waals surface area (Å²) in [6.45, 7) is 5.99. The Kier molecular flexibility index (Phi) is 6.12. The van der Waals surface area contributed by atoms with Crippen molar-refractivity contribution < 1.29 is 22.7 Å². The molecule has 0 bridgehead atoms. The minimum absolute atomic E-state index is 0.0368. The zero-order chi connectivity index (χ0) is 21.2. The summed E-state index contributed by atoms with van der Waals surface area (Å²) in [6, 6.07) is 5.97. The summed E-state index contributed by atoms with van der Waals surface area (Å²) in [4.78, 5) is 17.8. The number of aryl methyl sites for hydroxylation is 2. The van der Waals surface area contributed by atoms with Crippen molar-refractivity contribution in [2.45, 2.75) is 33.2 Å². The van der Waals surface area contributed by atoms with Gasteiger partial charge in [-0.25, -0.2) is 0 Å². The number of likely N-dealkylation sites (tertiary alicyclic amines) is 1. The molecule has 0 saturated carbocycles. The molecule has 1 aliphatic heterocycles. The lowest BCUT2D eigenvalue weighted by Crippen LogP contribution is -2.52. The summed E-state index contributed by atoms with van der Waals surface area (Å²) in [5.74, 6) is 0.769. The van der Waals surface area contributed by atoms with Gasteiger partial charge in [0, 0.05) is 32.9 Å². The fourth-order valence-electron chi connectivity index (χ4n) is 3.57. The highest BCUT2D eigenvalue weighted by molar-refractivity contribution is 5.79. The second kappa shape index (κ2) is 8.41. The maximum atomic E-state index is 12.8. The van der Waals surface area contributed by atoms with Crippen molar-refractivity contribution >= 4 is 5.91 Å². The number of aromatic nitrogens is 1. The molecule has 1 fully saturated rings. The van der Waals surface area contributed by atoms with Gasteiger partial charge >= 0.3 is 6.18 Å². The first-order chi connectivity index (χ1) is 13.7. The lowest BCUT2D eigenvalue weighted by Gasteiger charge is -2.38. The van der Waals surface area contributed by atoms with Crippen LogP contribution in [0.3, 0.4) is 0 Å². The Morgan fingerprint density at radius 3 is 2.48 bits per heavy atom. The molecule has 0 unspecified atom stereocenters. The predicted molar refractivity (Wildman–Crippen MR) is 102 cm³/mol. The molecule has 1 aromatic heterocycles. The van der Waals surface area contributed by atoms with Crippen molar-refractivity contribution in [3.8, 4) is 5.75 Å². The smallest absolute Gasteiger partial charge is 0.416 e. The van der Waals surface area contributed by atoms with E-state index in [-0.39, 0.29) is 24.1 Å². The first-order valence-electron chi connectivity index (χ1n) is 9.36. The molecule has 156 valence electrons. The molecule has 0 radical (unpaired) electrons. The van der Waals surface area contributed by atoms with Crippen LogP contribution in [0.2, 0.25) is 0 Å². The zero-order valence-electron chi connectivity index (χ0n) is 16.6. The lowest BCUT2D eigenvalue weighted by atomic mass is 9.97. The van der Waals surface area contributed by atoms with Crippen LogP contribution in [-0.4, -0.2) is 35.9 Å². The van der Waals surface area contributed by atoms with E-state index in [2.05, 4.69) is 15.2 Å². The van der Waals surface area contributed by atoms with Gasteiger partial charge in [0.05, 0.1) is 17.2 Å². The highest BCUT2D eigenvalue weighted by Crippen LogP contribution is 2.30. The third kappa shape index (κ3) is 5.06. The first-order valence-corrected chi connectivity index (χ1v) is 9.36. The van der Waals surface area contributed by atoms with Crippen molar-refractivity contribution in [3.63, 3.8) is 0 Å². The van der Waals surface area contributed by atoms with Crippen LogP contribution in [0.4, 0.5) is 13.2 Å². The molecule has 1 N–H and O–H groups in total. The topological polar surface area (TPSA) is 54.5 Å². The minimum Gasteiger partial charge on any atom is -0.487 e. The number of rotatable bonds is 6. The lowest BCUT2D eigenvalue weighted by molar-refractivity contribution is -0.137. The second-order valence-corrected chi connectivity index (χ2v) is 7.39. The number of carbonyl (C=O) groups excluding carboxylic acids is 1. The Morgan fingerprint density at radius 2 is 1.90 bits per heavy atom. The van der Waals surface area contributed by atoms with Crippen LogP contribution in [-0.2, 0) is 24.1 Å². The van der Waals surface area contributed by atoms with Crippen molar-refractivity contribution in [3.05, 3.63) is 58.4 Å². The van der Waals surface area contributed by atoms with Crippen LogP contribution in [0, 0.1) is 19.8 Å². The van der Waals surface area contributed by atoms with E-state index in [1.807, 2.05) is 26.0 Å². The number of hydrogen-bond acceptors (Lipinski definition) is 4. The third-order valence-electron chi connectivity index (χ3n) is 5.01. The molecule has 8 heteroatoms. The molecule has 2 heterocycles. The van der Waals surface area contributed by atoms with Crippen LogP contribution >= 0.6 is 0 Å². The van der Waals surface area contributed by atoms with Crippen LogP contribution in [0.25, 0.3) is 0 Å². The number of hydrogen-bond donors (Lipinski definition) is 1. The summed E-state index contributed by atoms with van der Waals surface area (Å²) in [6.07, 6.45) is -3.26. The molecule has 29 heavy (non-hydrogen) atoms. The van der Waals surface area contributed by atoms with E-state index in [0.29, 0.717) is 5.75 Å². The standard InChI is InChI=1S/C21H24F3N3O2/c1-13-6-15(9-27-10-16(11-27)20(28)25-3)7-14(2)19(13)29-12-18-8-17(4-5-26-18)21(22,23)24/h4-8,16H,9-12H2,1-3H3,(H,25,28). The quantitative estimate of drug-likeness (QED) is 0.797. The normalized spacial score (nSPS) is 15.1. The van der Waals surface area contributed by atoms with Crippen molar-refractivity contribution in [2.75, 3.05) is 20.1 Å². The summed E-state index contributed by atoms with van der Waals surface area (Å²) in [5, 5.41) is 2.67. The number of ether oxygens (including phenoxy) is 1. The number of pyridine rings is 1. The predicted octanol–water partition coefficient (Wildman–Crippen LogP) is 3.47.